The molecule has 3 nitrogen and oxygen atoms in total. The van der Waals surface area contributed by atoms with Crippen molar-refractivity contribution >= 4 is 0 Å². The first-order chi connectivity index (χ1) is 7.22. The van der Waals surface area contributed by atoms with Gasteiger partial charge in [-0.3, -0.25) is 0 Å². The molecule has 0 saturated carbocycles. The lowest BCUT2D eigenvalue weighted by Gasteiger charge is -2.11. The molecule has 3 heteroatoms. The Morgan fingerprint density at radius 3 is 2.87 bits per heavy atom. The third-order valence-corrected chi connectivity index (χ3v) is 2.19. The van der Waals surface area contributed by atoms with Gasteiger partial charge in [0.15, 0.2) is 0 Å². The number of aliphatic hydroxyl groups excluding tert-OH is 1. The molecule has 0 saturated heterocycles. The summed E-state index contributed by atoms with van der Waals surface area (Å²) in [6.45, 7) is 3.62. The van der Waals surface area contributed by atoms with Crippen LogP contribution >= 0.6 is 0 Å². The maximum absolute atomic E-state index is 9.68. The standard InChI is InChI=1S/C12H19NO2/c1-2-6-13-9-12(15)8-10-4-3-5-11(14)7-10/h3-5,7,12-15H,2,6,8-9H2,1H3. The molecule has 0 amide bonds. The van der Waals surface area contributed by atoms with Gasteiger partial charge in [-0.25, -0.2) is 0 Å². The zero-order valence-electron chi connectivity index (χ0n) is 9.11. The molecule has 1 aromatic rings. The van der Waals surface area contributed by atoms with Gasteiger partial charge in [-0.2, -0.15) is 0 Å². The molecule has 0 radical (unpaired) electrons. The van der Waals surface area contributed by atoms with E-state index in [0.717, 1.165) is 18.5 Å². The lowest BCUT2D eigenvalue weighted by molar-refractivity contribution is 0.172. The highest BCUT2D eigenvalue weighted by atomic mass is 16.3. The van der Waals surface area contributed by atoms with E-state index in [1.54, 1.807) is 18.2 Å². The molecule has 3 N–H and O–H groups in total. The fourth-order valence-electron chi connectivity index (χ4n) is 1.47. The number of hydrogen-bond donors (Lipinski definition) is 3. The molecule has 0 aromatic heterocycles. The van der Waals surface area contributed by atoms with Gasteiger partial charge < -0.3 is 15.5 Å². The molecule has 0 aliphatic rings. The molecule has 15 heavy (non-hydrogen) atoms. The molecular formula is C12H19NO2. The molecule has 0 heterocycles. The van der Waals surface area contributed by atoms with Gasteiger partial charge >= 0.3 is 0 Å². The van der Waals surface area contributed by atoms with Crippen molar-refractivity contribution in [2.75, 3.05) is 13.1 Å². The van der Waals surface area contributed by atoms with Crippen LogP contribution in [0.5, 0.6) is 5.75 Å². The van der Waals surface area contributed by atoms with E-state index in [4.69, 9.17) is 0 Å². The normalized spacial score (nSPS) is 12.7. The minimum absolute atomic E-state index is 0.251. The molecule has 84 valence electrons. The van der Waals surface area contributed by atoms with E-state index in [2.05, 4.69) is 12.2 Å². The number of aromatic hydroxyl groups is 1. The second kappa shape index (κ2) is 6.43. The third-order valence-electron chi connectivity index (χ3n) is 2.19. The van der Waals surface area contributed by atoms with Crippen LogP contribution in [0.1, 0.15) is 18.9 Å². The van der Waals surface area contributed by atoms with Gasteiger partial charge in [0.25, 0.3) is 0 Å². The van der Waals surface area contributed by atoms with Crippen LogP contribution in [-0.2, 0) is 6.42 Å². The molecule has 1 atom stereocenters. The number of nitrogens with one attached hydrogen (secondary N) is 1. The third kappa shape index (κ3) is 4.81. The average molecular weight is 209 g/mol. The van der Waals surface area contributed by atoms with Gasteiger partial charge in [0.05, 0.1) is 6.10 Å². The summed E-state index contributed by atoms with van der Waals surface area (Å²) in [6, 6.07) is 7.01. The molecule has 0 aliphatic carbocycles. The van der Waals surface area contributed by atoms with Crippen molar-refractivity contribution in [1.29, 1.82) is 0 Å². The Kier molecular flexibility index (Phi) is 5.15. The quantitative estimate of drug-likeness (QED) is 0.619. The molecule has 0 aliphatic heterocycles. The maximum atomic E-state index is 9.68. The van der Waals surface area contributed by atoms with Gasteiger partial charge in [-0.05, 0) is 37.1 Å². The molecule has 0 fully saturated rings. The van der Waals surface area contributed by atoms with Crippen LogP contribution in [0.15, 0.2) is 24.3 Å². The summed E-state index contributed by atoms with van der Waals surface area (Å²) in [7, 11) is 0. The van der Waals surface area contributed by atoms with Crippen LogP contribution < -0.4 is 5.32 Å². The summed E-state index contributed by atoms with van der Waals surface area (Å²) in [5.41, 5.74) is 0.959. The fraction of sp³-hybridized carbons (Fsp3) is 0.500. The van der Waals surface area contributed by atoms with E-state index >= 15 is 0 Å². The Balaban J connectivity index is 2.34. The molecular weight excluding hydrogens is 190 g/mol. The van der Waals surface area contributed by atoms with Gasteiger partial charge in [-0.1, -0.05) is 19.1 Å². The average Bonchev–Trinajstić information content (AvgIpc) is 2.18. The first-order valence-electron chi connectivity index (χ1n) is 5.39. The smallest absolute Gasteiger partial charge is 0.115 e. The molecule has 0 spiro atoms. The first-order valence-corrected chi connectivity index (χ1v) is 5.39. The minimum Gasteiger partial charge on any atom is -0.508 e. The fourth-order valence-corrected chi connectivity index (χ4v) is 1.47. The maximum Gasteiger partial charge on any atom is 0.115 e. The van der Waals surface area contributed by atoms with E-state index in [1.165, 1.54) is 0 Å². The van der Waals surface area contributed by atoms with Crippen molar-refractivity contribution in [2.24, 2.45) is 0 Å². The van der Waals surface area contributed by atoms with Crippen LogP contribution in [0.3, 0.4) is 0 Å². The van der Waals surface area contributed by atoms with E-state index in [1.807, 2.05) is 6.07 Å². The lowest BCUT2D eigenvalue weighted by Crippen LogP contribution is -2.28. The summed E-state index contributed by atoms with van der Waals surface area (Å²) in [5, 5.41) is 22.1. The summed E-state index contributed by atoms with van der Waals surface area (Å²) in [5.74, 6) is 0.251. The van der Waals surface area contributed by atoms with E-state index < -0.39 is 6.10 Å². The predicted octanol–water partition coefficient (Wildman–Crippen LogP) is 1.30. The zero-order chi connectivity index (χ0) is 11.1. The van der Waals surface area contributed by atoms with Crippen LogP contribution in [0.25, 0.3) is 0 Å². The van der Waals surface area contributed by atoms with Crippen LogP contribution in [0, 0.1) is 0 Å². The van der Waals surface area contributed by atoms with Gasteiger partial charge in [-0.15, -0.1) is 0 Å². The molecule has 1 unspecified atom stereocenters. The highest BCUT2D eigenvalue weighted by Crippen LogP contribution is 2.12. The molecule has 1 rings (SSSR count). The summed E-state index contributed by atoms with van der Waals surface area (Å²) in [4.78, 5) is 0. The van der Waals surface area contributed by atoms with Gasteiger partial charge in [0.1, 0.15) is 5.75 Å². The van der Waals surface area contributed by atoms with Crippen molar-refractivity contribution in [3.05, 3.63) is 29.8 Å². The van der Waals surface area contributed by atoms with Crippen LogP contribution in [0.4, 0.5) is 0 Å². The van der Waals surface area contributed by atoms with Gasteiger partial charge in [0.2, 0.25) is 0 Å². The monoisotopic (exact) mass is 209 g/mol. The molecule has 0 bridgehead atoms. The summed E-state index contributed by atoms with van der Waals surface area (Å²) in [6.07, 6.45) is 1.25. The van der Waals surface area contributed by atoms with Crippen molar-refractivity contribution in [2.45, 2.75) is 25.9 Å². The summed E-state index contributed by atoms with van der Waals surface area (Å²) < 4.78 is 0. The largest absolute Gasteiger partial charge is 0.508 e. The van der Waals surface area contributed by atoms with Crippen molar-refractivity contribution < 1.29 is 10.2 Å². The predicted molar refractivity (Wildman–Crippen MR) is 61.0 cm³/mol. The number of benzene rings is 1. The Morgan fingerprint density at radius 2 is 2.20 bits per heavy atom. The topological polar surface area (TPSA) is 52.5 Å². The van der Waals surface area contributed by atoms with E-state index in [-0.39, 0.29) is 5.75 Å². The van der Waals surface area contributed by atoms with E-state index in [0.29, 0.717) is 13.0 Å². The highest BCUT2D eigenvalue weighted by molar-refractivity contribution is 5.27. The van der Waals surface area contributed by atoms with Crippen LogP contribution in [-0.4, -0.2) is 29.4 Å². The Bertz CT molecular complexity index is 289. The lowest BCUT2D eigenvalue weighted by atomic mass is 10.1. The highest BCUT2D eigenvalue weighted by Gasteiger charge is 2.04. The van der Waals surface area contributed by atoms with Crippen molar-refractivity contribution in [3.63, 3.8) is 0 Å². The summed E-state index contributed by atoms with van der Waals surface area (Å²) >= 11 is 0. The van der Waals surface area contributed by atoms with Crippen molar-refractivity contribution in [3.8, 4) is 5.75 Å². The minimum atomic E-state index is -0.390. The SMILES string of the molecule is CCCNCC(O)Cc1cccc(O)c1. The Labute approximate surface area is 90.8 Å². The zero-order valence-corrected chi connectivity index (χ0v) is 9.11. The van der Waals surface area contributed by atoms with Crippen molar-refractivity contribution in [1.82, 2.24) is 5.32 Å². The molecule has 1 aromatic carbocycles. The van der Waals surface area contributed by atoms with Gasteiger partial charge in [0, 0.05) is 6.54 Å². The number of hydrogen-bond acceptors (Lipinski definition) is 3. The Morgan fingerprint density at radius 1 is 1.40 bits per heavy atom. The van der Waals surface area contributed by atoms with Crippen LogP contribution in [0.2, 0.25) is 0 Å². The first kappa shape index (κ1) is 12.0. The number of phenolic OH excluding ortho intramolecular Hbond substituents is 1. The second-order valence-corrected chi connectivity index (χ2v) is 3.73. The number of rotatable bonds is 6. The number of aliphatic hydroxyl groups is 1. The number of phenols is 1. The Hall–Kier alpha value is -1.06. The van der Waals surface area contributed by atoms with E-state index in [9.17, 15) is 10.2 Å². The second-order valence-electron chi connectivity index (χ2n) is 3.73.